The molecule has 0 spiro atoms. The van der Waals surface area contributed by atoms with Gasteiger partial charge in [-0.3, -0.25) is 25.1 Å². The highest BCUT2D eigenvalue weighted by molar-refractivity contribution is 6.30. The average Bonchev–Trinajstić information content (AvgIpc) is 2.78. The summed E-state index contributed by atoms with van der Waals surface area (Å²) in [6.07, 6.45) is 0.129. The zero-order valence-corrected chi connectivity index (χ0v) is 14.7. The number of carbonyl (C=O) groups is 2. The van der Waals surface area contributed by atoms with Gasteiger partial charge in [-0.2, -0.15) is 5.10 Å². The third-order valence-electron chi connectivity index (χ3n) is 3.72. The number of aromatic nitrogens is 2. The van der Waals surface area contributed by atoms with Crippen molar-refractivity contribution in [3.63, 3.8) is 0 Å². The second-order valence-electron chi connectivity index (χ2n) is 5.30. The van der Waals surface area contributed by atoms with Gasteiger partial charge in [0, 0.05) is 23.3 Å². The lowest BCUT2D eigenvalue weighted by molar-refractivity contribution is -0.121. The summed E-state index contributed by atoms with van der Waals surface area (Å²) in [5, 5.41) is 4.71. The summed E-state index contributed by atoms with van der Waals surface area (Å²) < 4.78 is 6.83. The lowest BCUT2D eigenvalue weighted by Crippen LogP contribution is -2.42. The van der Waals surface area contributed by atoms with Gasteiger partial charge in [-0.15, -0.1) is 0 Å². The number of halogens is 1. The van der Waals surface area contributed by atoms with Crippen molar-refractivity contribution in [1.29, 1.82) is 0 Å². The Kier molecular flexibility index (Phi) is 5.46. The van der Waals surface area contributed by atoms with Crippen molar-refractivity contribution in [2.45, 2.75) is 20.3 Å². The molecule has 0 aliphatic rings. The Labute approximate surface area is 144 Å². The lowest BCUT2D eigenvalue weighted by Gasteiger charge is -2.11. The minimum Gasteiger partial charge on any atom is -0.496 e. The largest absolute Gasteiger partial charge is 0.496 e. The fourth-order valence-electron chi connectivity index (χ4n) is 2.32. The van der Waals surface area contributed by atoms with Crippen molar-refractivity contribution in [3.05, 3.63) is 45.7 Å². The number of hydrogen-bond acceptors (Lipinski definition) is 4. The van der Waals surface area contributed by atoms with Crippen LogP contribution in [0.5, 0.6) is 5.75 Å². The van der Waals surface area contributed by atoms with E-state index >= 15 is 0 Å². The molecule has 0 aliphatic carbocycles. The van der Waals surface area contributed by atoms with Crippen molar-refractivity contribution in [1.82, 2.24) is 20.6 Å². The van der Waals surface area contributed by atoms with Crippen LogP contribution in [0.1, 0.15) is 27.3 Å². The Balaban J connectivity index is 2.00. The molecule has 0 unspecified atom stereocenters. The standard InChI is InChI=1S/C16H19ClN4O3/c1-9-13(10(2)21(3)20-9)8-15(22)18-19-16(23)12-6-5-11(17)7-14(12)24-4/h5-7H,8H2,1-4H3,(H,18,22)(H,19,23). The number of hydrogen-bond donors (Lipinski definition) is 2. The lowest BCUT2D eigenvalue weighted by atomic mass is 10.1. The molecular formula is C16H19ClN4O3. The van der Waals surface area contributed by atoms with Crippen molar-refractivity contribution < 1.29 is 14.3 Å². The number of nitrogens with one attached hydrogen (secondary N) is 2. The van der Waals surface area contributed by atoms with Gasteiger partial charge in [-0.1, -0.05) is 11.6 Å². The summed E-state index contributed by atoms with van der Waals surface area (Å²) in [6.45, 7) is 3.73. The molecule has 1 aromatic heterocycles. The summed E-state index contributed by atoms with van der Waals surface area (Å²) in [5.41, 5.74) is 7.58. The van der Waals surface area contributed by atoms with E-state index in [-0.39, 0.29) is 17.9 Å². The molecule has 7 nitrogen and oxygen atoms in total. The van der Waals surface area contributed by atoms with Crippen molar-refractivity contribution in [3.8, 4) is 5.75 Å². The van der Waals surface area contributed by atoms with Crippen LogP contribution >= 0.6 is 11.6 Å². The number of carbonyl (C=O) groups excluding carboxylic acids is 2. The maximum atomic E-state index is 12.2. The van der Waals surface area contributed by atoms with E-state index in [1.54, 1.807) is 10.7 Å². The Morgan fingerprint density at radius 3 is 2.58 bits per heavy atom. The van der Waals surface area contributed by atoms with Crippen molar-refractivity contribution >= 4 is 23.4 Å². The SMILES string of the molecule is COc1cc(Cl)ccc1C(=O)NNC(=O)Cc1c(C)nn(C)c1C. The second kappa shape index (κ2) is 7.35. The highest BCUT2D eigenvalue weighted by atomic mass is 35.5. The van der Waals surface area contributed by atoms with Crippen LogP contribution in [0.3, 0.4) is 0 Å². The molecule has 2 N–H and O–H groups in total. The molecule has 0 fully saturated rings. The Morgan fingerprint density at radius 1 is 1.29 bits per heavy atom. The quantitative estimate of drug-likeness (QED) is 0.822. The Hall–Kier alpha value is -2.54. The molecule has 2 amide bonds. The van der Waals surface area contributed by atoms with Gasteiger partial charge in [0.05, 0.1) is 24.8 Å². The van der Waals surface area contributed by atoms with E-state index in [0.717, 1.165) is 17.0 Å². The predicted molar refractivity (Wildman–Crippen MR) is 90.0 cm³/mol. The first kappa shape index (κ1) is 17.8. The topological polar surface area (TPSA) is 85.2 Å². The van der Waals surface area contributed by atoms with Crippen LogP contribution in [0.15, 0.2) is 18.2 Å². The first-order valence-corrected chi connectivity index (χ1v) is 7.63. The van der Waals surface area contributed by atoms with Gasteiger partial charge in [-0.05, 0) is 32.0 Å². The molecule has 1 heterocycles. The van der Waals surface area contributed by atoms with E-state index < -0.39 is 5.91 Å². The third kappa shape index (κ3) is 3.86. The minimum atomic E-state index is -0.489. The van der Waals surface area contributed by atoms with Crippen LogP contribution in [-0.2, 0) is 18.3 Å². The number of ether oxygens (including phenoxy) is 1. The Bertz CT molecular complexity index is 786. The maximum Gasteiger partial charge on any atom is 0.273 e. The van der Waals surface area contributed by atoms with Crippen LogP contribution in [0.2, 0.25) is 5.02 Å². The number of aryl methyl sites for hydroxylation is 2. The van der Waals surface area contributed by atoms with Crippen LogP contribution in [0.4, 0.5) is 0 Å². The van der Waals surface area contributed by atoms with E-state index in [1.165, 1.54) is 19.2 Å². The molecule has 128 valence electrons. The molecule has 0 bridgehead atoms. The van der Waals surface area contributed by atoms with E-state index in [0.29, 0.717) is 10.8 Å². The Morgan fingerprint density at radius 2 is 2.00 bits per heavy atom. The fourth-order valence-corrected chi connectivity index (χ4v) is 2.49. The monoisotopic (exact) mass is 350 g/mol. The summed E-state index contributed by atoms with van der Waals surface area (Å²) in [6, 6.07) is 4.63. The van der Waals surface area contributed by atoms with Gasteiger partial charge in [0.25, 0.3) is 5.91 Å². The third-order valence-corrected chi connectivity index (χ3v) is 3.95. The minimum absolute atomic E-state index is 0.129. The summed E-state index contributed by atoms with van der Waals surface area (Å²) >= 11 is 5.86. The van der Waals surface area contributed by atoms with E-state index in [4.69, 9.17) is 16.3 Å². The smallest absolute Gasteiger partial charge is 0.273 e. The van der Waals surface area contributed by atoms with Gasteiger partial charge in [0.15, 0.2) is 0 Å². The van der Waals surface area contributed by atoms with Gasteiger partial charge in [-0.25, -0.2) is 0 Å². The summed E-state index contributed by atoms with van der Waals surface area (Å²) in [4.78, 5) is 24.2. The van der Waals surface area contributed by atoms with Crippen LogP contribution in [0.25, 0.3) is 0 Å². The zero-order chi connectivity index (χ0) is 17.9. The zero-order valence-electron chi connectivity index (χ0n) is 13.9. The summed E-state index contributed by atoms with van der Waals surface area (Å²) in [7, 11) is 3.26. The van der Waals surface area contributed by atoms with Crippen molar-refractivity contribution in [2.75, 3.05) is 7.11 Å². The fraction of sp³-hybridized carbons (Fsp3) is 0.312. The highest BCUT2D eigenvalue weighted by Gasteiger charge is 2.16. The van der Waals surface area contributed by atoms with Gasteiger partial charge >= 0.3 is 0 Å². The molecular weight excluding hydrogens is 332 g/mol. The molecule has 1 aromatic carbocycles. The molecule has 0 saturated heterocycles. The molecule has 8 heteroatoms. The number of benzene rings is 1. The number of methoxy groups -OCH3 is 1. The van der Waals surface area contributed by atoms with Crippen LogP contribution in [-0.4, -0.2) is 28.7 Å². The van der Waals surface area contributed by atoms with Gasteiger partial charge in [0.1, 0.15) is 5.75 Å². The number of hydrazine groups is 1. The van der Waals surface area contributed by atoms with E-state index in [1.807, 2.05) is 20.9 Å². The number of amides is 2. The molecule has 0 saturated carbocycles. The first-order valence-electron chi connectivity index (χ1n) is 7.25. The second-order valence-corrected chi connectivity index (χ2v) is 5.73. The molecule has 2 rings (SSSR count). The van der Waals surface area contributed by atoms with Gasteiger partial charge < -0.3 is 4.74 Å². The van der Waals surface area contributed by atoms with Crippen LogP contribution < -0.4 is 15.6 Å². The van der Waals surface area contributed by atoms with Crippen LogP contribution in [0, 0.1) is 13.8 Å². The average molecular weight is 351 g/mol. The number of rotatable bonds is 4. The van der Waals surface area contributed by atoms with Gasteiger partial charge in [0.2, 0.25) is 5.91 Å². The first-order chi connectivity index (χ1) is 11.3. The molecule has 0 radical (unpaired) electrons. The normalized spacial score (nSPS) is 10.4. The molecule has 0 aliphatic heterocycles. The predicted octanol–water partition coefficient (Wildman–Crippen LogP) is 1.70. The number of nitrogens with zero attached hydrogens (tertiary/aromatic N) is 2. The molecule has 2 aromatic rings. The molecule has 24 heavy (non-hydrogen) atoms. The maximum absolute atomic E-state index is 12.2. The van der Waals surface area contributed by atoms with E-state index in [2.05, 4.69) is 16.0 Å². The van der Waals surface area contributed by atoms with Crippen molar-refractivity contribution in [2.24, 2.45) is 7.05 Å². The summed E-state index contributed by atoms with van der Waals surface area (Å²) in [5.74, 6) is -0.500. The van der Waals surface area contributed by atoms with E-state index in [9.17, 15) is 9.59 Å². The molecule has 0 atom stereocenters. The highest BCUT2D eigenvalue weighted by Crippen LogP contribution is 2.22.